The summed E-state index contributed by atoms with van der Waals surface area (Å²) in [5.41, 5.74) is 0.742. The fourth-order valence-corrected chi connectivity index (χ4v) is 4.28. The first-order valence-corrected chi connectivity index (χ1v) is 9.54. The van der Waals surface area contributed by atoms with Crippen molar-refractivity contribution >= 4 is 16.8 Å². The first-order chi connectivity index (χ1) is 12.9. The summed E-state index contributed by atoms with van der Waals surface area (Å²) in [7, 11) is -3.77. The molecule has 1 aliphatic heterocycles. The van der Waals surface area contributed by atoms with Gasteiger partial charge in [-0.1, -0.05) is 6.07 Å². The molecule has 6 nitrogen and oxygen atoms in total. The van der Waals surface area contributed by atoms with Gasteiger partial charge in [0.05, 0.1) is 0 Å². The minimum atomic E-state index is -3.77. The summed E-state index contributed by atoms with van der Waals surface area (Å²) < 4.78 is 59.5. The topological polar surface area (TPSA) is 75.7 Å². The Morgan fingerprint density at radius 1 is 1.04 bits per heavy atom. The predicted molar refractivity (Wildman–Crippen MR) is 96.4 cm³/mol. The number of hydrogen-bond acceptors (Lipinski definition) is 5. The maximum atomic E-state index is 13.4. The molecule has 1 aliphatic rings. The van der Waals surface area contributed by atoms with Gasteiger partial charge in [-0.05, 0) is 24.6 Å². The Hall–Kier alpha value is -2.36. The van der Waals surface area contributed by atoms with Crippen LogP contribution in [0.5, 0.6) is 11.5 Å². The van der Waals surface area contributed by atoms with E-state index in [0.29, 0.717) is 26.2 Å². The van der Waals surface area contributed by atoms with Crippen molar-refractivity contribution in [3.8, 4) is 11.5 Å². The van der Waals surface area contributed by atoms with Crippen molar-refractivity contribution in [3.63, 3.8) is 0 Å². The number of benzene rings is 2. The van der Waals surface area contributed by atoms with Gasteiger partial charge in [-0.3, -0.25) is 0 Å². The van der Waals surface area contributed by atoms with Gasteiger partial charge in [0.1, 0.15) is 34.8 Å². The molecule has 0 saturated carbocycles. The van der Waals surface area contributed by atoms with E-state index in [2.05, 4.69) is 5.32 Å². The van der Waals surface area contributed by atoms with Gasteiger partial charge in [0.15, 0.2) is 0 Å². The SMILES string of the molecule is C=O.Cc1ccc(Oc2cc(F)cc(F)c2)c(S(=O)(=O)N2CCNCC2)c1. The first-order valence-electron chi connectivity index (χ1n) is 8.10. The van der Waals surface area contributed by atoms with Crippen molar-refractivity contribution in [3.05, 3.63) is 53.6 Å². The number of ether oxygens (including phenoxy) is 1. The minimum Gasteiger partial charge on any atom is -0.456 e. The van der Waals surface area contributed by atoms with Gasteiger partial charge in [0.25, 0.3) is 0 Å². The minimum absolute atomic E-state index is 0.0148. The van der Waals surface area contributed by atoms with E-state index >= 15 is 0 Å². The molecule has 1 saturated heterocycles. The van der Waals surface area contributed by atoms with Crippen LogP contribution in [-0.2, 0) is 14.8 Å². The van der Waals surface area contributed by atoms with Crippen molar-refractivity contribution in [1.82, 2.24) is 9.62 Å². The number of sulfonamides is 1. The molecule has 146 valence electrons. The van der Waals surface area contributed by atoms with Gasteiger partial charge >= 0.3 is 0 Å². The molecule has 0 amide bonds. The zero-order valence-electron chi connectivity index (χ0n) is 14.7. The summed E-state index contributed by atoms with van der Waals surface area (Å²) in [6, 6.07) is 7.41. The molecular weight excluding hydrogens is 378 g/mol. The van der Waals surface area contributed by atoms with Crippen molar-refractivity contribution in [1.29, 1.82) is 0 Å². The first kappa shape index (κ1) is 20.9. The molecule has 1 fully saturated rings. The Morgan fingerprint density at radius 2 is 1.63 bits per heavy atom. The molecule has 0 spiro atoms. The Bertz CT molecular complexity index is 880. The second-order valence-electron chi connectivity index (χ2n) is 5.81. The maximum absolute atomic E-state index is 13.4. The zero-order valence-corrected chi connectivity index (χ0v) is 15.6. The highest BCUT2D eigenvalue weighted by molar-refractivity contribution is 7.89. The molecular formula is C18H20F2N2O4S. The van der Waals surface area contributed by atoms with Crippen LogP contribution in [0.2, 0.25) is 0 Å². The summed E-state index contributed by atoms with van der Waals surface area (Å²) in [4.78, 5) is 7.99. The lowest BCUT2D eigenvalue weighted by Gasteiger charge is -2.27. The Morgan fingerprint density at radius 3 is 2.22 bits per heavy atom. The Labute approximate surface area is 156 Å². The molecule has 0 bridgehead atoms. The summed E-state index contributed by atoms with van der Waals surface area (Å²) in [5, 5.41) is 3.10. The Kier molecular flexibility index (Phi) is 7.00. The number of carbonyl (C=O) groups excluding carboxylic acids is 1. The van der Waals surface area contributed by atoms with Gasteiger partial charge < -0.3 is 14.8 Å². The number of halogens is 2. The molecule has 0 aliphatic carbocycles. The van der Waals surface area contributed by atoms with Crippen LogP contribution in [0.3, 0.4) is 0 Å². The zero-order chi connectivity index (χ0) is 20.0. The van der Waals surface area contributed by atoms with Crippen molar-refractivity contribution in [2.75, 3.05) is 26.2 Å². The number of piperazine rings is 1. The van der Waals surface area contributed by atoms with Gasteiger partial charge in [0.2, 0.25) is 10.0 Å². The van der Waals surface area contributed by atoms with Crippen molar-refractivity contribution in [2.45, 2.75) is 11.8 Å². The summed E-state index contributed by atoms with van der Waals surface area (Å²) in [6.45, 7) is 5.60. The number of aryl methyl sites for hydroxylation is 1. The highest BCUT2D eigenvalue weighted by Crippen LogP contribution is 2.32. The molecule has 0 atom stereocenters. The van der Waals surface area contributed by atoms with Gasteiger partial charge in [-0.15, -0.1) is 0 Å². The molecule has 9 heteroatoms. The second-order valence-corrected chi connectivity index (χ2v) is 7.72. The van der Waals surface area contributed by atoms with E-state index < -0.39 is 21.7 Å². The fraction of sp³-hybridized carbons (Fsp3) is 0.278. The predicted octanol–water partition coefficient (Wildman–Crippen LogP) is 2.47. The average Bonchev–Trinajstić information content (AvgIpc) is 2.65. The van der Waals surface area contributed by atoms with Gasteiger partial charge in [-0.25, -0.2) is 17.2 Å². The molecule has 0 unspecified atom stereocenters. The lowest BCUT2D eigenvalue weighted by molar-refractivity contribution is -0.0980. The summed E-state index contributed by atoms with van der Waals surface area (Å²) in [6.07, 6.45) is 0. The molecule has 0 aromatic heterocycles. The van der Waals surface area contributed by atoms with Crippen LogP contribution in [0.15, 0.2) is 41.3 Å². The number of nitrogens with zero attached hydrogens (tertiary/aromatic N) is 1. The van der Waals surface area contributed by atoms with E-state index in [9.17, 15) is 17.2 Å². The lowest BCUT2D eigenvalue weighted by atomic mass is 10.2. The molecule has 1 heterocycles. The van der Waals surface area contributed by atoms with Crippen molar-refractivity contribution < 1.29 is 26.7 Å². The number of hydrogen-bond donors (Lipinski definition) is 1. The standard InChI is InChI=1S/C17H18F2N2O3S.CH2O/c1-12-2-3-16(24-15-10-13(18)9-14(19)11-15)17(8-12)25(22,23)21-6-4-20-5-7-21;1-2/h2-3,8-11,20H,4-7H2,1H3;1H2. The number of carbonyl (C=O) groups is 1. The van der Waals surface area contributed by atoms with E-state index in [0.717, 1.165) is 23.8 Å². The third-order valence-electron chi connectivity index (χ3n) is 3.86. The molecule has 3 rings (SSSR count). The smallest absolute Gasteiger partial charge is 0.246 e. The summed E-state index contributed by atoms with van der Waals surface area (Å²) in [5.74, 6) is -1.66. The van der Waals surface area contributed by atoms with Crippen molar-refractivity contribution in [2.24, 2.45) is 0 Å². The quantitative estimate of drug-likeness (QED) is 0.856. The van der Waals surface area contributed by atoms with E-state index in [4.69, 9.17) is 9.53 Å². The molecule has 1 N–H and O–H groups in total. The maximum Gasteiger partial charge on any atom is 0.246 e. The van der Waals surface area contributed by atoms with Crippen LogP contribution in [0.4, 0.5) is 8.78 Å². The third-order valence-corrected chi connectivity index (χ3v) is 5.78. The van der Waals surface area contributed by atoms with Crippen LogP contribution in [0, 0.1) is 18.6 Å². The lowest BCUT2D eigenvalue weighted by Crippen LogP contribution is -2.46. The van der Waals surface area contributed by atoms with Gasteiger partial charge in [0, 0.05) is 44.4 Å². The van der Waals surface area contributed by atoms with Crippen LogP contribution in [0.1, 0.15) is 5.56 Å². The number of nitrogens with one attached hydrogen (secondary N) is 1. The fourth-order valence-electron chi connectivity index (χ4n) is 2.64. The third kappa shape index (κ3) is 5.09. The Balaban J connectivity index is 0.00000126. The second kappa shape index (κ2) is 9.03. The van der Waals surface area contributed by atoms with E-state index in [1.165, 1.54) is 16.4 Å². The van der Waals surface area contributed by atoms with E-state index in [1.54, 1.807) is 13.0 Å². The molecule has 0 radical (unpaired) electrons. The molecule has 2 aromatic carbocycles. The highest BCUT2D eigenvalue weighted by atomic mass is 32.2. The monoisotopic (exact) mass is 398 g/mol. The largest absolute Gasteiger partial charge is 0.456 e. The normalized spacial score (nSPS) is 14.9. The van der Waals surface area contributed by atoms with Crippen LogP contribution in [-0.4, -0.2) is 45.7 Å². The average molecular weight is 398 g/mol. The van der Waals surface area contributed by atoms with Crippen LogP contribution >= 0.6 is 0 Å². The number of rotatable bonds is 4. The van der Waals surface area contributed by atoms with Gasteiger partial charge in [-0.2, -0.15) is 4.31 Å². The molecule has 27 heavy (non-hydrogen) atoms. The summed E-state index contributed by atoms with van der Waals surface area (Å²) >= 11 is 0. The van der Waals surface area contributed by atoms with Crippen LogP contribution < -0.4 is 10.1 Å². The molecule has 2 aromatic rings. The van der Waals surface area contributed by atoms with E-state index in [1.807, 2.05) is 6.79 Å². The highest BCUT2D eigenvalue weighted by Gasteiger charge is 2.29. The van der Waals surface area contributed by atoms with E-state index in [-0.39, 0.29) is 16.4 Å². The van der Waals surface area contributed by atoms with Crippen LogP contribution in [0.25, 0.3) is 0 Å².